The largest absolute Gasteiger partial charge is 0.339 e. The normalized spacial score (nSPS) is 30.1. The fourth-order valence-corrected chi connectivity index (χ4v) is 3.49. The SMILES string of the molecule is CC(C)C(N)CC(=O)N1CCC[C@H]2CCCC[C@H]21. The van der Waals surface area contributed by atoms with Crippen LogP contribution in [0, 0.1) is 11.8 Å². The number of hydrogen-bond acceptors (Lipinski definition) is 2. The minimum atomic E-state index is 0.0152. The lowest BCUT2D eigenvalue weighted by Gasteiger charge is -2.44. The summed E-state index contributed by atoms with van der Waals surface area (Å²) < 4.78 is 0. The maximum absolute atomic E-state index is 12.4. The molecule has 1 aliphatic heterocycles. The van der Waals surface area contributed by atoms with Crippen molar-refractivity contribution in [1.29, 1.82) is 0 Å². The molecule has 2 aliphatic rings. The maximum atomic E-state index is 12.4. The van der Waals surface area contributed by atoms with Crippen LogP contribution < -0.4 is 5.73 Å². The summed E-state index contributed by atoms with van der Waals surface area (Å²) in [6.07, 6.45) is 8.23. The van der Waals surface area contributed by atoms with Crippen LogP contribution >= 0.6 is 0 Å². The van der Waals surface area contributed by atoms with Gasteiger partial charge in [0, 0.05) is 25.0 Å². The van der Waals surface area contributed by atoms with Gasteiger partial charge in [-0.3, -0.25) is 4.79 Å². The Kier molecular flexibility index (Phi) is 4.66. The lowest BCUT2D eigenvalue weighted by molar-refractivity contribution is -0.138. The van der Waals surface area contributed by atoms with Gasteiger partial charge in [0.15, 0.2) is 0 Å². The fraction of sp³-hybridized carbons (Fsp3) is 0.933. The summed E-state index contributed by atoms with van der Waals surface area (Å²) in [5, 5.41) is 0. The van der Waals surface area contributed by atoms with Gasteiger partial charge < -0.3 is 10.6 Å². The Morgan fingerprint density at radius 1 is 1.22 bits per heavy atom. The molecule has 3 nitrogen and oxygen atoms in total. The van der Waals surface area contributed by atoms with E-state index in [1.54, 1.807) is 0 Å². The van der Waals surface area contributed by atoms with E-state index in [0.717, 1.165) is 12.5 Å². The van der Waals surface area contributed by atoms with Crippen molar-refractivity contribution in [2.45, 2.75) is 70.9 Å². The highest BCUT2D eigenvalue weighted by molar-refractivity contribution is 5.77. The topological polar surface area (TPSA) is 46.3 Å². The highest BCUT2D eigenvalue weighted by Gasteiger charge is 2.35. The van der Waals surface area contributed by atoms with Gasteiger partial charge in [0.05, 0.1) is 0 Å². The molecule has 0 bridgehead atoms. The Morgan fingerprint density at radius 2 is 1.89 bits per heavy atom. The molecule has 1 saturated carbocycles. The minimum absolute atomic E-state index is 0.0152. The lowest BCUT2D eigenvalue weighted by atomic mass is 9.78. The number of nitrogens with zero attached hydrogens (tertiary/aromatic N) is 1. The third kappa shape index (κ3) is 3.05. The number of hydrogen-bond donors (Lipinski definition) is 1. The first-order valence-corrected chi connectivity index (χ1v) is 7.64. The Labute approximate surface area is 111 Å². The van der Waals surface area contributed by atoms with Crippen molar-refractivity contribution < 1.29 is 4.79 Å². The van der Waals surface area contributed by atoms with E-state index in [9.17, 15) is 4.79 Å². The number of amides is 1. The summed E-state index contributed by atoms with van der Waals surface area (Å²) in [6.45, 7) is 5.15. The monoisotopic (exact) mass is 252 g/mol. The van der Waals surface area contributed by atoms with Crippen molar-refractivity contribution in [3.05, 3.63) is 0 Å². The second-order valence-electron chi connectivity index (χ2n) is 6.45. The molecule has 1 amide bonds. The Balaban J connectivity index is 1.95. The third-order valence-electron chi connectivity index (χ3n) is 4.83. The number of fused-ring (bicyclic) bond motifs is 1. The highest BCUT2D eigenvalue weighted by Crippen LogP contribution is 2.35. The van der Waals surface area contributed by atoms with Crippen LogP contribution in [0.2, 0.25) is 0 Å². The molecule has 1 aliphatic carbocycles. The number of rotatable bonds is 3. The number of carbonyl (C=O) groups excluding carboxylic acids is 1. The highest BCUT2D eigenvalue weighted by atomic mass is 16.2. The van der Waals surface area contributed by atoms with Crippen LogP contribution in [0.3, 0.4) is 0 Å². The average molecular weight is 252 g/mol. The van der Waals surface area contributed by atoms with Crippen LogP contribution in [0.15, 0.2) is 0 Å². The summed E-state index contributed by atoms with van der Waals surface area (Å²) in [5.74, 6) is 1.46. The Hall–Kier alpha value is -0.570. The lowest BCUT2D eigenvalue weighted by Crippen LogP contribution is -2.51. The predicted molar refractivity (Wildman–Crippen MR) is 74.1 cm³/mol. The average Bonchev–Trinajstić information content (AvgIpc) is 2.37. The van der Waals surface area contributed by atoms with Crippen LogP contribution in [-0.2, 0) is 4.79 Å². The smallest absolute Gasteiger partial charge is 0.224 e. The van der Waals surface area contributed by atoms with Crippen molar-refractivity contribution in [1.82, 2.24) is 4.90 Å². The van der Waals surface area contributed by atoms with Gasteiger partial charge in [-0.15, -0.1) is 0 Å². The standard InChI is InChI=1S/C15H28N2O/c1-11(2)13(16)10-15(18)17-9-5-7-12-6-3-4-8-14(12)17/h11-14H,3-10,16H2,1-2H3/t12-,13?,14-/m1/s1. The third-order valence-corrected chi connectivity index (χ3v) is 4.83. The molecule has 3 atom stereocenters. The number of piperidine rings is 1. The molecule has 0 radical (unpaired) electrons. The molecule has 104 valence electrons. The molecule has 1 heterocycles. The first-order valence-electron chi connectivity index (χ1n) is 7.64. The van der Waals surface area contributed by atoms with E-state index >= 15 is 0 Å². The minimum Gasteiger partial charge on any atom is -0.339 e. The first-order chi connectivity index (χ1) is 8.59. The fourth-order valence-electron chi connectivity index (χ4n) is 3.49. The molecule has 1 saturated heterocycles. The van der Waals surface area contributed by atoms with Gasteiger partial charge in [0.2, 0.25) is 5.91 Å². The van der Waals surface area contributed by atoms with E-state index in [1.807, 2.05) is 0 Å². The van der Waals surface area contributed by atoms with Gasteiger partial charge in [-0.1, -0.05) is 26.7 Å². The Morgan fingerprint density at radius 3 is 2.61 bits per heavy atom. The first kappa shape index (κ1) is 13.9. The van der Waals surface area contributed by atoms with Gasteiger partial charge in [-0.25, -0.2) is 0 Å². The molecule has 0 aromatic heterocycles. The quantitative estimate of drug-likeness (QED) is 0.839. The van der Waals surface area contributed by atoms with E-state index in [4.69, 9.17) is 5.73 Å². The van der Waals surface area contributed by atoms with Crippen LogP contribution in [0.5, 0.6) is 0 Å². The van der Waals surface area contributed by atoms with Crippen molar-refractivity contribution >= 4 is 5.91 Å². The number of nitrogens with two attached hydrogens (primary N) is 1. The Bertz CT molecular complexity index is 288. The van der Waals surface area contributed by atoms with Gasteiger partial charge >= 0.3 is 0 Å². The molecule has 3 heteroatoms. The van der Waals surface area contributed by atoms with Gasteiger partial charge in [0.25, 0.3) is 0 Å². The number of likely N-dealkylation sites (tertiary alicyclic amines) is 1. The van der Waals surface area contributed by atoms with Crippen molar-refractivity contribution in [3.8, 4) is 0 Å². The van der Waals surface area contributed by atoms with Crippen LogP contribution in [-0.4, -0.2) is 29.4 Å². The van der Waals surface area contributed by atoms with Crippen LogP contribution in [0.1, 0.15) is 58.8 Å². The van der Waals surface area contributed by atoms with Gasteiger partial charge in [0.1, 0.15) is 0 Å². The van der Waals surface area contributed by atoms with Crippen LogP contribution in [0.4, 0.5) is 0 Å². The van der Waals surface area contributed by atoms with Crippen molar-refractivity contribution in [2.24, 2.45) is 17.6 Å². The van der Waals surface area contributed by atoms with E-state index in [0.29, 0.717) is 24.3 Å². The summed E-state index contributed by atoms with van der Waals surface area (Å²) in [6, 6.07) is 0.542. The summed E-state index contributed by atoms with van der Waals surface area (Å²) >= 11 is 0. The van der Waals surface area contributed by atoms with Gasteiger partial charge in [-0.05, 0) is 37.5 Å². The summed E-state index contributed by atoms with van der Waals surface area (Å²) in [5.41, 5.74) is 6.04. The molecule has 18 heavy (non-hydrogen) atoms. The molecule has 0 spiro atoms. The molecule has 1 unspecified atom stereocenters. The summed E-state index contributed by atoms with van der Waals surface area (Å²) in [4.78, 5) is 14.6. The van der Waals surface area contributed by atoms with E-state index in [2.05, 4.69) is 18.7 Å². The maximum Gasteiger partial charge on any atom is 0.224 e. The second-order valence-corrected chi connectivity index (χ2v) is 6.45. The molecule has 2 N–H and O–H groups in total. The zero-order valence-electron chi connectivity index (χ0n) is 11.9. The van der Waals surface area contributed by atoms with E-state index in [1.165, 1.54) is 38.5 Å². The van der Waals surface area contributed by atoms with E-state index in [-0.39, 0.29) is 6.04 Å². The van der Waals surface area contributed by atoms with Crippen LogP contribution in [0.25, 0.3) is 0 Å². The van der Waals surface area contributed by atoms with E-state index < -0.39 is 0 Å². The second kappa shape index (κ2) is 6.05. The zero-order valence-corrected chi connectivity index (χ0v) is 11.9. The molecular formula is C15H28N2O. The molecule has 2 fully saturated rings. The zero-order chi connectivity index (χ0) is 13.1. The molecule has 0 aromatic carbocycles. The number of carbonyl (C=O) groups is 1. The predicted octanol–water partition coefficient (Wildman–Crippen LogP) is 2.54. The molecule has 0 aromatic rings. The van der Waals surface area contributed by atoms with Gasteiger partial charge in [-0.2, -0.15) is 0 Å². The molecular weight excluding hydrogens is 224 g/mol. The molecule has 2 rings (SSSR count). The van der Waals surface area contributed by atoms with Crippen molar-refractivity contribution in [2.75, 3.05) is 6.54 Å². The summed E-state index contributed by atoms with van der Waals surface area (Å²) in [7, 11) is 0. The van der Waals surface area contributed by atoms with Crippen molar-refractivity contribution in [3.63, 3.8) is 0 Å².